The van der Waals surface area contributed by atoms with Gasteiger partial charge in [0.15, 0.2) is 0 Å². The van der Waals surface area contributed by atoms with Crippen LogP contribution >= 0.6 is 23.5 Å². The van der Waals surface area contributed by atoms with Crippen LogP contribution in [0.1, 0.15) is 53.4 Å². The second-order valence-corrected chi connectivity index (χ2v) is 10.5. The van der Waals surface area contributed by atoms with Crippen LogP contribution in [0.3, 0.4) is 0 Å². The minimum Gasteiger partial charge on any atom is -0.790 e. The molecule has 0 amide bonds. The van der Waals surface area contributed by atoms with Gasteiger partial charge in [-0.25, -0.2) is 4.31 Å². The van der Waals surface area contributed by atoms with E-state index in [0.29, 0.717) is 6.42 Å². The summed E-state index contributed by atoms with van der Waals surface area (Å²) in [6.07, 6.45) is 8.92. The predicted octanol–water partition coefficient (Wildman–Crippen LogP) is 3.73. The van der Waals surface area contributed by atoms with E-state index in [1.54, 1.807) is 6.92 Å². The van der Waals surface area contributed by atoms with Crippen LogP contribution in [-0.4, -0.2) is 6.61 Å². The molecule has 14 nitrogen and oxygen atoms in total. The molecule has 0 aliphatic rings. The molecular formula is C15H41N4O10P3. The van der Waals surface area contributed by atoms with Crippen LogP contribution in [0.25, 0.3) is 0 Å². The molecule has 0 spiro atoms. The zero-order valence-corrected chi connectivity index (χ0v) is 22.9. The minimum absolute atomic E-state index is 0. The van der Waals surface area contributed by atoms with Crippen molar-refractivity contribution in [2.45, 2.75) is 53.4 Å². The smallest absolute Gasteiger partial charge is 0.278 e. The summed E-state index contributed by atoms with van der Waals surface area (Å²) in [7, 11) is -17.3. The third kappa shape index (κ3) is 25.7. The van der Waals surface area contributed by atoms with Crippen molar-refractivity contribution in [1.82, 2.24) is 24.6 Å². The lowest BCUT2D eigenvalue weighted by molar-refractivity contribution is -0.339. The minimum atomic E-state index is -5.98. The second kappa shape index (κ2) is 18.8. The summed E-state index contributed by atoms with van der Waals surface area (Å²) in [6, 6.07) is 0. The van der Waals surface area contributed by atoms with Crippen molar-refractivity contribution < 1.29 is 46.4 Å². The molecule has 0 aromatic heterocycles. The van der Waals surface area contributed by atoms with Gasteiger partial charge in [-0.15, -0.1) is 0 Å². The van der Waals surface area contributed by atoms with Crippen LogP contribution in [0.15, 0.2) is 34.9 Å². The zero-order chi connectivity index (χ0) is 22.0. The molecule has 0 aliphatic carbocycles. The Hall–Kier alpha value is -0.530. The molecule has 0 heterocycles. The SMILES string of the molecule is CC(C)=CCC/C(C)=C/CC/C(C)=C/COP(=O)([O-])OP(=O)([O-])OP(=O)([O-])[O-].[NH4+].[NH4+].[NH4+].[NH4+]. The summed E-state index contributed by atoms with van der Waals surface area (Å²) in [4.78, 5) is 42.8. The quantitative estimate of drug-likeness (QED) is 0.197. The molecule has 0 aliphatic heterocycles. The predicted molar refractivity (Wildman–Crippen MR) is 120 cm³/mol. The maximum Gasteiger partial charge on any atom is 0.278 e. The number of phosphoric ester groups is 1. The van der Waals surface area contributed by atoms with E-state index >= 15 is 0 Å². The molecule has 2 atom stereocenters. The van der Waals surface area contributed by atoms with Gasteiger partial charge in [0.2, 0.25) is 0 Å². The van der Waals surface area contributed by atoms with Crippen LogP contribution in [0.4, 0.5) is 0 Å². The summed E-state index contributed by atoms with van der Waals surface area (Å²) >= 11 is 0. The van der Waals surface area contributed by atoms with Gasteiger partial charge < -0.3 is 53.3 Å². The molecule has 0 rings (SSSR count). The highest BCUT2D eigenvalue weighted by atomic mass is 31.3. The molecule has 16 N–H and O–H groups in total. The first-order chi connectivity index (χ1) is 12.6. The van der Waals surface area contributed by atoms with Crippen molar-refractivity contribution in [2.75, 3.05) is 6.61 Å². The van der Waals surface area contributed by atoms with Gasteiger partial charge >= 0.3 is 0 Å². The van der Waals surface area contributed by atoms with Gasteiger partial charge in [-0.05, 0) is 53.4 Å². The van der Waals surface area contributed by atoms with E-state index in [-0.39, 0.29) is 24.6 Å². The van der Waals surface area contributed by atoms with E-state index in [2.05, 4.69) is 25.3 Å². The van der Waals surface area contributed by atoms with Gasteiger partial charge in [0.25, 0.3) is 15.6 Å². The fraction of sp³-hybridized carbons (Fsp3) is 0.600. The van der Waals surface area contributed by atoms with Crippen molar-refractivity contribution in [2.24, 2.45) is 0 Å². The standard InChI is InChI=1S/C15H29O10P3.4H3N/c1-13(2)7-5-8-14(3)9-6-10-15(4)11-12-23-27(19,20)25-28(21,22)24-26(16,17)18;;;;/h7,9,11H,5-6,8,10,12H2,1-4H3,(H,19,20)(H,21,22)(H2,16,17,18);4*1H3/b14-9+,15-11+;;;;. The highest BCUT2D eigenvalue weighted by Gasteiger charge is 2.21. The summed E-state index contributed by atoms with van der Waals surface area (Å²) in [5, 5.41) is 0. The molecule has 0 saturated heterocycles. The molecule has 0 fully saturated rings. The maximum absolute atomic E-state index is 11.4. The lowest BCUT2D eigenvalue weighted by Crippen LogP contribution is -2.20. The van der Waals surface area contributed by atoms with Crippen LogP contribution in [0, 0.1) is 0 Å². The van der Waals surface area contributed by atoms with Gasteiger partial charge in [-0.1, -0.05) is 34.9 Å². The molecule has 0 radical (unpaired) electrons. The molecule has 32 heavy (non-hydrogen) atoms. The third-order valence-corrected chi connectivity index (χ3v) is 6.85. The Balaban J connectivity index is -0.000000607. The van der Waals surface area contributed by atoms with Crippen molar-refractivity contribution in [1.29, 1.82) is 0 Å². The van der Waals surface area contributed by atoms with Crippen molar-refractivity contribution in [3.05, 3.63) is 34.9 Å². The molecular weight excluding hydrogens is 489 g/mol. The van der Waals surface area contributed by atoms with Gasteiger partial charge in [-0.2, -0.15) is 0 Å². The first-order valence-electron chi connectivity index (χ1n) is 8.28. The second-order valence-electron chi connectivity index (χ2n) is 6.26. The lowest BCUT2D eigenvalue weighted by Gasteiger charge is -2.37. The van der Waals surface area contributed by atoms with Gasteiger partial charge in [0.05, 0.1) is 14.4 Å². The molecule has 17 heteroatoms. The van der Waals surface area contributed by atoms with E-state index in [1.807, 2.05) is 20.8 Å². The first-order valence-corrected chi connectivity index (χ1v) is 12.7. The highest BCUT2D eigenvalue weighted by molar-refractivity contribution is 7.64. The van der Waals surface area contributed by atoms with E-state index in [9.17, 15) is 33.3 Å². The number of rotatable bonds is 13. The summed E-state index contributed by atoms with van der Waals surface area (Å²) in [5.41, 5.74) is 3.29. The van der Waals surface area contributed by atoms with Crippen LogP contribution < -0.4 is 44.2 Å². The molecule has 0 aromatic carbocycles. The zero-order valence-electron chi connectivity index (χ0n) is 20.2. The molecule has 0 bridgehead atoms. The van der Waals surface area contributed by atoms with Crippen molar-refractivity contribution >= 4 is 23.5 Å². The fourth-order valence-electron chi connectivity index (χ4n) is 1.89. The monoisotopic (exact) mass is 530 g/mol. The Morgan fingerprint density at radius 2 is 1.12 bits per heavy atom. The van der Waals surface area contributed by atoms with Crippen molar-refractivity contribution in [3.63, 3.8) is 0 Å². The average Bonchev–Trinajstić information content (AvgIpc) is 2.42. The van der Waals surface area contributed by atoms with Crippen LogP contribution in [0.5, 0.6) is 0 Å². The largest absolute Gasteiger partial charge is 0.790 e. The van der Waals surface area contributed by atoms with E-state index in [0.717, 1.165) is 24.8 Å². The summed E-state index contributed by atoms with van der Waals surface area (Å²) in [5.74, 6) is 0. The molecule has 0 saturated carbocycles. The Morgan fingerprint density at radius 3 is 1.56 bits per heavy atom. The normalized spacial score (nSPS) is 15.5. The lowest BCUT2D eigenvalue weighted by atomic mass is 10.1. The Bertz CT molecular complexity index is 748. The topological polar surface area (TPSA) is 317 Å². The van der Waals surface area contributed by atoms with Gasteiger partial charge in [0.1, 0.15) is 0 Å². The Kier molecular flexibility index (Phi) is 24.6. The number of quaternary nitrogens is 4. The Labute approximate surface area is 189 Å². The van der Waals surface area contributed by atoms with E-state index in [4.69, 9.17) is 0 Å². The van der Waals surface area contributed by atoms with Gasteiger partial charge in [-0.3, -0.25) is 13.4 Å². The maximum atomic E-state index is 11.4. The molecule has 196 valence electrons. The summed E-state index contributed by atoms with van der Waals surface area (Å²) in [6.45, 7) is 7.31. The third-order valence-electron chi connectivity index (χ3n) is 3.19. The van der Waals surface area contributed by atoms with E-state index in [1.165, 1.54) is 17.2 Å². The number of hydrogen-bond donors (Lipinski definition) is 4. The first kappa shape index (κ1) is 41.7. The highest BCUT2D eigenvalue weighted by Crippen LogP contribution is 2.60. The van der Waals surface area contributed by atoms with Crippen LogP contribution in [-0.2, 0) is 26.8 Å². The fourth-order valence-corrected chi connectivity index (χ4v) is 4.69. The average molecular weight is 530 g/mol. The van der Waals surface area contributed by atoms with E-state index < -0.39 is 30.1 Å². The molecule has 0 aromatic rings. The Morgan fingerprint density at radius 1 is 0.688 bits per heavy atom. The molecule has 2 unspecified atom stereocenters. The number of phosphoric acid groups is 3. The van der Waals surface area contributed by atoms with Crippen molar-refractivity contribution in [3.8, 4) is 0 Å². The van der Waals surface area contributed by atoms with Crippen LogP contribution in [0.2, 0.25) is 0 Å². The number of hydrogen-bond acceptors (Lipinski definition) is 10. The van der Waals surface area contributed by atoms with Gasteiger partial charge in [0, 0.05) is 0 Å². The summed E-state index contributed by atoms with van der Waals surface area (Å²) < 4.78 is 43.4. The number of allylic oxidation sites excluding steroid dienone is 5.